The van der Waals surface area contributed by atoms with Gasteiger partial charge in [-0.15, -0.1) is 0 Å². The van der Waals surface area contributed by atoms with Crippen LogP contribution in [0.3, 0.4) is 0 Å². The predicted molar refractivity (Wildman–Crippen MR) is 74.4 cm³/mol. The van der Waals surface area contributed by atoms with Gasteiger partial charge in [-0.1, -0.05) is 30.3 Å². The van der Waals surface area contributed by atoms with Gasteiger partial charge in [0.25, 0.3) is 0 Å². The molecule has 0 radical (unpaired) electrons. The predicted octanol–water partition coefficient (Wildman–Crippen LogP) is 4.80. The third-order valence-corrected chi connectivity index (χ3v) is 4.11. The molecule has 1 fully saturated rings. The van der Waals surface area contributed by atoms with Gasteiger partial charge in [-0.3, -0.25) is 4.90 Å². The lowest BCUT2D eigenvalue weighted by Crippen LogP contribution is -2.49. The van der Waals surface area contributed by atoms with Crippen molar-refractivity contribution in [3.8, 4) is 0 Å². The molecule has 1 aliphatic rings. The van der Waals surface area contributed by atoms with Crippen molar-refractivity contribution in [1.82, 2.24) is 4.90 Å². The van der Waals surface area contributed by atoms with Crippen LogP contribution in [0.15, 0.2) is 30.3 Å². The summed E-state index contributed by atoms with van der Waals surface area (Å²) in [6.45, 7) is 6.69. The highest BCUT2D eigenvalue weighted by Crippen LogP contribution is 2.44. The van der Waals surface area contributed by atoms with Crippen LogP contribution >= 0.6 is 0 Å². The van der Waals surface area contributed by atoms with Gasteiger partial charge in [-0.05, 0) is 45.7 Å². The Hall–Kier alpha value is -1.03. The minimum Gasteiger partial charge on any atom is -0.291 e. The zero-order chi connectivity index (χ0) is 15.0. The second-order valence-electron chi connectivity index (χ2n) is 6.55. The summed E-state index contributed by atoms with van der Waals surface area (Å²) < 4.78 is 39.1. The maximum atomic E-state index is 13.0. The number of rotatable bonds is 1. The molecule has 0 bridgehead atoms. The molecule has 112 valence electrons. The van der Waals surface area contributed by atoms with Crippen LogP contribution in [0.25, 0.3) is 0 Å². The van der Waals surface area contributed by atoms with Gasteiger partial charge in [0.15, 0.2) is 0 Å². The van der Waals surface area contributed by atoms with E-state index in [1.807, 2.05) is 30.3 Å². The van der Waals surface area contributed by atoms with E-state index in [2.05, 4.69) is 25.7 Å². The van der Waals surface area contributed by atoms with E-state index in [0.29, 0.717) is 6.54 Å². The number of alkyl halides is 3. The van der Waals surface area contributed by atoms with Gasteiger partial charge in [-0.25, -0.2) is 0 Å². The Morgan fingerprint density at radius 2 is 1.65 bits per heavy atom. The molecule has 1 heterocycles. The van der Waals surface area contributed by atoms with Crippen LogP contribution in [0.4, 0.5) is 13.2 Å². The Bertz CT molecular complexity index is 433. The molecular weight excluding hydrogens is 263 g/mol. The Morgan fingerprint density at radius 3 is 2.15 bits per heavy atom. The fraction of sp³-hybridized carbons (Fsp3) is 0.625. The highest BCUT2D eigenvalue weighted by atomic mass is 19.4. The van der Waals surface area contributed by atoms with E-state index in [9.17, 15) is 13.2 Å². The Balaban J connectivity index is 2.29. The van der Waals surface area contributed by atoms with Crippen LogP contribution < -0.4 is 0 Å². The first-order valence-electron chi connectivity index (χ1n) is 7.08. The molecule has 2 rings (SSSR count). The molecule has 1 aromatic rings. The van der Waals surface area contributed by atoms with Crippen molar-refractivity contribution in [1.29, 1.82) is 0 Å². The van der Waals surface area contributed by atoms with Crippen LogP contribution in [0, 0.1) is 5.92 Å². The molecule has 1 nitrogen and oxygen atoms in total. The maximum Gasteiger partial charge on any atom is 0.391 e. The molecule has 1 aromatic carbocycles. The van der Waals surface area contributed by atoms with E-state index in [4.69, 9.17) is 0 Å². The van der Waals surface area contributed by atoms with E-state index in [1.54, 1.807) is 0 Å². The lowest BCUT2D eigenvalue weighted by molar-refractivity contribution is -0.193. The minimum atomic E-state index is -4.09. The van der Waals surface area contributed by atoms with Crippen molar-refractivity contribution >= 4 is 0 Å². The Morgan fingerprint density at radius 1 is 1.05 bits per heavy atom. The zero-order valence-electron chi connectivity index (χ0n) is 12.2. The van der Waals surface area contributed by atoms with Gasteiger partial charge in [0.05, 0.1) is 5.92 Å². The molecule has 0 saturated carbocycles. The summed E-state index contributed by atoms with van der Waals surface area (Å²) in [6, 6.07) is 9.40. The first-order valence-corrected chi connectivity index (χ1v) is 7.08. The van der Waals surface area contributed by atoms with Gasteiger partial charge in [0.1, 0.15) is 0 Å². The number of hydrogen-bond donors (Lipinski definition) is 0. The lowest BCUT2D eigenvalue weighted by atomic mass is 9.84. The molecule has 0 spiro atoms. The van der Waals surface area contributed by atoms with E-state index in [-0.39, 0.29) is 24.4 Å². The molecule has 1 aliphatic heterocycles. The average molecular weight is 285 g/mol. The smallest absolute Gasteiger partial charge is 0.291 e. The van der Waals surface area contributed by atoms with Crippen molar-refractivity contribution in [2.45, 2.75) is 51.4 Å². The molecular formula is C16H22F3N. The fourth-order valence-electron chi connectivity index (χ4n) is 3.06. The normalized spacial score (nSPS) is 25.7. The maximum absolute atomic E-state index is 13.0. The number of likely N-dealkylation sites (tertiary alicyclic amines) is 1. The number of nitrogens with zero attached hydrogens (tertiary/aromatic N) is 1. The number of hydrogen-bond acceptors (Lipinski definition) is 1. The van der Waals surface area contributed by atoms with Gasteiger partial charge in [-0.2, -0.15) is 13.2 Å². The third-order valence-electron chi connectivity index (χ3n) is 4.11. The molecule has 2 atom stereocenters. The average Bonchev–Trinajstić information content (AvgIpc) is 2.37. The second kappa shape index (κ2) is 5.40. The summed E-state index contributed by atoms with van der Waals surface area (Å²) in [5.41, 5.74) is 0.855. The number of piperidine rings is 1. The highest BCUT2D eigenvalue weighted by molar-refractivity contribution is 5.20. The fourth-order valence-corrected chi connectivity index (χ4v) is 3.06. The summed E-state index contributed by atoms with van der Waals surface area (Å²) in [5, 5.41) is 0. The SMILES string of the molecule is CC(C)(C)N1CC[C@H](C(F)(F)F)C[C@@H]1c1ccccc1. The summed E-state index contributed by atoms with van der Waals surface area (Å²) in [7, 11) is 0. The van der Waals surface area contributed by atoms with Crippen molar-refractivity contribution < 1.29 is 13.2 Å². The topological polar surface area (TPSA) is 3.24 Å². The van der Waals surface area contributed by atoms with Gasteiger partial charge in [0, 0.05) is 11.6 Å². The van der Waals surface area contributed by atoms with E-state index in [0.717, 1.165) is 5.56 Å². The third kappa shape index (κ3) is 3.35. The van der Waals surface area contributed by atoms with Gasteiger partial charge in [0.2, 0.25) is 0 Å². The van der Waals surface area contributed by atoms with Gasteiger partial charge < -0.3 is 0 Å². The summed E-state index contributed by atoms with van der Waals surface area (Å²) >= 11 is 0. The van der Waals surface area contributed by atoms with Crippen LogP contribution in [0.5, 0.6) is 0 Å². The Labute approximate surface area is 118 Å². The van der Waals surface area contributed by atoms with Crippen molar-refractivity contribution in [3.63, 3.8) is 0 Å². The second-order valence-corrected chi connectivity index (χ2v) is 6.55. The largest absolute Gasteiger partial charge is 0.391 e. The molecule has 0 aliphatic carbocycles. The number of halogens is 3. The highest BCUT2D eigenvalue weighted by Gasteiger charge is 2.46. The minimum absolute atomic E-state index is 0.128. The van der Waals surface area contributed by atoms with Crippen molar-refractivity contribution in [2.75, 3.05) is 6.54 Å². The van der Waals surface area contributed by atoms with E-state index in [1.165, 1.54) is 0 Å². The molecule has 0 amide bonds. The van der Waals surface area contributed by atoms with E-state index < -0.39 is 12.1 Å². The van der Waals surface area contributed by atoms with Crippen LogP contribution in [0.1, 0.15) is 45.2 Å². The van der Waals surface area contributed by atoms with Crippen LogP contribution in [-0.2, 0) is 0 Å². The summed E-state index contributed by atoms with van der Waals surface area (Å²) in [5.74, 6) is -1.19. The van der Waals surface area contributed by atoms with Crippen molar-refractivity contribution in [2.24, 2.45) is 5.92 Å². The first kappa shape index (κ1) is 15.4. The van der Waals surface area contributed by atoms with Gasteiger partial charge >= 0.3 is 6.18 Å². The van der Waals surface area contributed by atoms with Crippen molar-refractivity contribution in [3.05, 3.63) is 35.9 Å². The monoisotopic (exact) mass is 285 g/mol. The molecule has 0 aromatic heterocycles. The summed E-state index contributed by atoms with van der Waals surface area (Å²) in [6.07, 6.45) is -3.73. The summed E-state index contributed by atoms with van der Waals surface area (Å²) in [4.78, 5) is 2.20. The lowest BCUT2D eigenvalue weighted by Gasteiger charge is -2.47. The molecule has 0 unspecified atom stereocenters. The van der Waals surface area contributed by atoms with Crippen LogP contribution in [-0.4, -0.2) is 23.2 Å². The first-order chi connectivity index (χ1) is 9.19. The molecule has 1 saturated heterocycles. The van der Waals surface area contributed by atoms with Crippen LogP contribution in [0.2, 0.25) is 0 Å². The number of benzene rings is 1. The molecule has 0 N–H and O–H groups in total. The Kier molecular flexibility index (Phi) is 4.14. The standard InChI is InChI=1S/C16H22F3N/c1-15(2,3)20-10-9-13(16(17,18)19)11-14(20)12-7-5-4-6-8-12/h4-8,13-14H,9-11H2,1-3H3/t13-,14+/m0/s1. The zero-order valence-corrected chi connectivity index (χ0v) is 12.2. The molecule has 20 heavy (non-hydrogen) atoms. The molecule has 4 heteroatoms. The quantitative estimate of drug-likeness (QED) is 0.716. The van der Waals surface area contributed by atoms with E-state index >= 15 is 0 Å².